The van der Waals surface area contributed by atoms with Crippen molar-refractivity contribution in [2.75, 3.05) is 5.32 Å². The molecular weight excluding hydrogens is 367 g/mol. The third kappa shape index (κ3) is 3.23. The highest BCUT2D eigenvalue weighted by Crippen LogP contribution is 2.27. The number of amides is 1. The minimum absolute atomic E-state index is 0.00158. The summed E-state index contributed by atoms with van der Waals surface area (Å²) in [6, 6.07) is 13.6. The number of aromatic nitrogens is 1. The van der Waals surface area contributed by atoms with Crippen LogP contribution in [0.2, 0.25) is 0 Å². The van der Waals surface area contributed by atoms with Crippen molar-refractivity contribution in [2.24, 2.45) is 0 Å². The van der Waals surface area contributed by atoms with E-state index in [0.717, 1.165) is 15.7 Å². The third-order valence-electron chi connectivity index (χ3n) is 2.96. The van der Waals surface area contributed by atoms with E-state index in [2.05, 4.69) is 26.2 Å². The summed E-state index contributed by atoms with van der Waals surface area (Å²) in [6.45, 7) is 0. The lowest BCUT2D eigenvalue weighted by atomic mass is 10.2. The van der Waals surface area contributed by atoms with Crippen LogP contribution >= 0.6 is 27.3 Å². The van der Waals surface area contributed by atoms with Crippen molar-refractivity contribution >= 4 is 38.3 Å². The maximum atomic E-state index is 13.6. The zero-order chi connectivity index (χ0) is 15.5. The minimum Gasteiger partial charge on any atom is -0.298 e. The van der Waals surface area contributed by atoms with E-state index in [4.69, 9.17) is 0 Å². The summed E-state index contributed by atoms with van der Waals surface area (Å²) in [5.41, 5.74) is 1.70. The topological polar surface area (TPSA) is 42.0 Å². The molecule has 0 atom stereocenters. The highest BCUT2D eigenvalue weighted by Gasteiger charge is 2.13. The van der Waals surface area contributed by atoms with Crippen LogP contribution in [0, 0.1) is 5.82 Å². The molecule has 1 amide bonds. The highest BCUT2D eigenvalue weighted by molar-refractivity contribution is 9.10. The predicted octanol–water partition coefficient (Wildman–Crippen LogP) is 4.96. The van der Waals surface area contributed by atoms with Crippen LogP contribution < -0.4 is 5.32 Å². The van der Waals surface area contributed by atoms with E-state index in [9.17, 15) is 9.18 Å². The van der Waals surface area contributed by atoms with Gasteiger partial charge in [-0.3, -0.25) is 10.1 Å². The first-order valence-electron chi connectivity index (χ1n) is 6.41. The van der Waals surface area contributed by atoms with Crippen LogP contribution in [0.3, 0.4) is 0 Å². The molecule has 0 saturated heterocycles. The van der Waals surface area contributed by atoms with Crippen LogP contribution in [-0.2, 0) is 0 Å². The number of hydrogen-bond acceptors (Lipinski definition) is 3. The van der Waals surface area contributed by atoms with E-state index in [1.54, 1.807) is 12.1 Å². The molecule has 1 N–H and O–H groups in total. The number of nitrogens with one attached hydrogen (secondary N) is 1. The fourth-order valence-corrected chi connectivity index (χ4v) is 3.04. The van der Waals surface area contributed by atoms with Gasteiger partial charge < -0.3 is 0 Å². The molecule has 1 aromatic heterocycles. The van der Waals surface area contributed by atoms with E-state index in [1.807, 2.05) is 29.6 Å². The molecule has 110 valence electrons. The normalized spacial score (nSPS) is 10.5. The van der Waals surface area contributed by atoms with Crippen molar-refractivity contribution in [3.8, 4) is 11.3 Å². The van der Waals surface area contributed by atoms with Crippen LogP contribution in [0.5, 0.6) is 0 Å². The summed E-state index contributed by atoms with van der Waals surface area (Å²) in [5, 5.41) is 4.90. The van der Waals surface area contributed by atoms with Crippen molar-refractivity contribution < 1.29 is 9.18 Å². The van der Waals surface area contributed by atoms with Gasteiger partial charge in [-0.1, -0.05) is 40.2 Å². The summed E-state index contributed by atoms with van der Waals surface area (Å²) in [4.78, 5) is 16.4. The number of hydrogen-bond donors (Lipinski definition) is 1. The number of carbonyl (C=O) groups excluding carboxylic acids is 1. The molecule has 0 spiro atoms. The van der Waals surface area contributed by atoms with Gasteiger partial charge >= 0.3 is 0 Å². The second-order valence-corrected chi connectivity index (χ2v) is 6.26. The molecule has 0 bridgehead atoms. The smallest absolute Gasteiger partial charge is 0.260 e. The van der Waals surface area contributed by atoms with E-state index in [-0.39, 0.29) is 5.56 Å². The molecule has 3 aromatic rings. The molecule has 22 heavy (non-hydrogen) atoms. The molecule has 0 unspecified atom stereocenters. The van der Waals surface area contributed by atoms with Gasteiger partial charge in [0.1, 0.15) is 5.82 Å². The lowest BCUT2D eigenvalue weighted by Crippen LogP contribution is -2.13. The van der Waals surface area contributed by atoms with Gasteiger partial charge in [-0.05, 0) is 24.3 Å². The fourth-order valence-electron chi connectivity index (χ4n) is 1.92. The van der Waals surface area contributed by atoms with Gasteiger partial charge in [-0.15, -0.1) is 11.3 Å². The van der Waals surface area contributed by atoms with Gasteiger partial charge in [0, 0.05) is 15.4 Å². The number of rotatable bonds is 3. The fraction of sp³-hybridized carbons (Fsp3) is 0. The van der Waals surface area contributed by atoms with Gasteiger partial charge in [0.25, 0.3) is 5.91 Å². The summed E-state index contributed by atoms with van der Waals surface area (Å²) in [6.07, 6.45) is 0. The predicted molar refractivity (Wildman–Crippen MR) is 89.6 cm³/mol. The molecule has 0 radical (unpaired) electrons. The summed E-state index contributed by atoms with van der Waals surface area (Å²) < 4.78 is 14.5. The number of carbonyl (C=O) groups is 1. The number of halogens is 2. The third-order valence-corrected chi connectivity index (χ3v) is 4.21. The second kappa shape index (κ2) is 6.37. The number of thiazole rings is 1. The Morgan fingerprint density at radius 3 is 2.77 bits per heavy atom. The van der Waals surface area contributed by atoms with E-state index >= 15 is 0 Å². The Balaban J connectivity index is 1.80. The standard InChI is InChI=1S/C16H10BrFN2OS/c17-11-5-3-4-10(8-11)14-9-22-16(19-14)20-15(21)12-6-1-2-7-13(12)18/h1-9H,(H,19,20,21). The monoisotopic (exact) mass is 376 g/mol. The van der Waals surface area contributed by atoms with Crippen LogP contribution in [0.15, 0.2) is 58.4 Å². The maximum absolute atomic E-state index is 13.6. The molecular formula is C16H10BrFN2OS. The average molecular weight is 377 g/mol. The number of anilines is 1. The van der Waals surface area contributed by atoms with Gasteiger partial charge in [-0.2, -0.15) is 0 Å². The molecule has 0 fully saturated rings. The van der Waals surface area contributed by atoms with Crippen LogP contribution in [-0.4, -0.2) is 10.9 Å². The SMILES string of the molecule is O=C(Nc1nc(-c2cccc(Br)c2)cs1)c1ccccc1F. The number of benzene rings is 2. The quantitative estimate of drug-likeness (QED) is 0.701. The summed E-state index contributed by atoms with van der Waals surface area (Å²) >= 11 is 4.71. The van der Waals surface area contributed by atoms with Crippen molar-refractivity contribution in [1.29, 1.82) is 0 Å². The highest BCUT2D eigenvalue weighted by atomic mass is 79.9. The largest absolute Gasteiger partial charge is 0.298 e. The molecule has 3 rings (SSSR count). The minimum atomic E-state index is -0.552. The average Bonchev–Trinajstić information content (AvgIpc) is 2.96. The van der Waals surface area contributed by atoms with Gasteiger partial charge in [-0.25, -0.2) is 9.37 Å². The molecule has 0 aliphatic rings. The Hall–Kier alpha value is -2.05. The van der Waals surface area contributed by atoms with E-state index in [1.165, 1.54) is 23.5 Å². The van der Waals surface area contributed by atoms with Gasteiger partial charge in [0.2, 0.25) is 0 Å². The second-order valence-electron chi connectivity index (χ2n) is 4.48. The Kier molecular flexibility index (Phi) is 4.31. The van der Waals surface area contributed by atoms with Crippen molar-refractivity contribution in [3.63, 3.8) is 0 Å². The van der Waals surface area contributed by atoms with Gasteiger partial charge in [0.15, 0.2) is 5.13 Å². The zero-order valence-corrected chi connectivity index (χ0v) is 13.6. The van der Waals surface area contributed by atoms with Crippen LogP contribution in [0.1, 0.15) is 10.4 Å². The maximum Gasteiger partial charge on any atom is 0.260 e. The molecule has 0 saturated carbocycles. The zero-order valence-electron chi connectivity index (χ0n) is 11.2. The number of nitrogens with zero attached hydrogens (tertiary/aromatic N) is 1. The van der Waals surface area contributed by atoms with Gasteiger partial charge in [0.05, 0.1) is 11.3 Å². The summed E-state index contributed by atoms with van der Waals surface area (Å²) in [5.74, 6) is -1.06. The van der Waals surface area contributed by atoms with Crippen LogP contribution in [0.25, 0.3) is 11.3 Å². The molecule has 0 aliphatic heterocycles. The van der Waals surface area contributed by atoms with E-state index < -0.39 is 11.7 Å². The molecule has 0 aliphatic carbocycles. The lowest BCUT2D eigenvalue weighted by molar-refractivity contribution is 0.102. The molecule has 1 heterocycles. The van der Waals surface area contributed by atoms with Crippen molar-refractivity contribution in [1.82, 2.24) is 4.98 Å². The summed E-state index contributed by atoms with van der Waals surface area (Å²) in [7, 11) is 0. The molecule has 3 nitrogen and oxygen atoms in total. The van der Waals surface area contributed by atoms with E-state index in [0.29, 0.717) is 5.13 Å². The Morgan fingerprint density at radius 1 is 1.18 bits per heavy atom. The first-order valence-corrected chi connectivity index (χ1v) is 8.08. The molecule has 6 heteroatoms. The first kappa shape index (κ1) is 14.9. The lowest BCUT2D eigenvalue weighted by Gasteiger charge is -2.02. The van der Waals surface area contributed by atoms with Crippen molar-refractivity contribution in [3.05, 3.63) is 69.8 Å². The van der Waals surface area contributed by atoms with Crippen LogP contribution in [0.4, 0.5) is 9.52 Å². The Labute approximate surface area is 139 Å². The Morgan fingerprint density at radius 2 is 2.00 bits per heavy atom. The van der Waals surface area contributed by atoms with Crippen molar-refractivity contribution in [2.45, 2.75) is 0 Å². The Bertz CT molecular complexity index is 834. The first-order chi connectivity index (χ1) is 10.6. The molecule has 2 aromatic carbocycles.